The molecule has 1 unspecified atom stereocenters. The maximum Gasteiger partial charge on any atom is 0.337 e. The molecule has 0 saturated carbocycles. The van der Waals surface area contributed by atoms with Crippen LogP contribution in [0.3, 0.4) is 0 Å². The molecule has 2 aliphatic heterocycles. The lowest BCUT2D eigenvalue weighted by Crippen LogP contribution is -2.48. The van der Waals surface area contributed by atoms with Crippen molar-refractivity contribution in [3.63, 3.8) is 0 Å². The third kappa shape index (κ3) is 3.69. The Labute approximate surface area is 191 Å². The number of rotatable bonds is 5. The van der Waals surface area contributed by atoms with E-state index in [1.165, 1.54) is 7.11 Å². The van der Waals surface area contributed by atoms with Gasteiger partial charge in [0.05, 0.1) is 38.6 Å². The van der Waals surface area contributed by atoms with Gasteiger partial charge < -0.3 is 29.0 Å². The predicted octanol–water partition coefficient (Wildman–Crippen LogP) is 3.36. The number of thiocarbonyl (C=S) groups is 1. The van der Waals surface area contributed by atoms with Crippen molar-refractivity contribution in [3.8, 4) is 23.0 Å². The highest BCUT2D eigenvalue weighted by Crippen LogP contribution is 2.42. The molecule has 32 heavy (non-hydrogen) atoms. The molecule has 0 radical (unpaired) electrons. The number of hydrogen-bond acceptors (Lipinski definition) is 7. The Kier molecular flexibility index (Phi) is 6.09. The number of methoxy groups -OCH3 is 3. The lowest BCUT2D eigenvalue weighted by atomic mass is 9.93. The van der Waals surface area contributed by atoms with Gasteiger partial charge in [-0.25, -0.2) is 4.79 Å². The molecule has 2 aliphatic rings. The van der Waals surface area contributed by atoms with Crippen LogP contribution >= 0.6 is 12.2 Å². The van der Waals surface area contributed by atoms with Gasteiger partial charge in [-0.15, -0.1) is 0 Å². The summed E-state index contributed by atoms with van der Waals surface area (Å²) in [6, 6.07) is 10.4. The van der Waals surface area contributed by atoms with Gasteiger partial charge >= 0.3 is 5.97 Å². The van der Waals surface area contributed by atoms with Crippen LogP contribution in [0, 0.1) is 0 Å². The number of nitrogens with zero attached hydrogens (tertiary/aromatic N) is 1. The van der Waals surface area contributed by atoms with Crippen LogP contribution in [0.5, 0.6) is 23.0 Å². The van der Waals surface area contributed by atoms with E-state index >= 15 is 0 Å². The number of esters is 1. The summed E-state index contributed by atoms with van der Waals surface area (Å²) in [5, 5.41) is 3.69. The normalized spacial score (nSPS) is 17.6. The van der Waals surface area contributed by atoms with E-state index in [1.54, 1.807) is 25.2 Å². The first kappa shape index (κ1) is 21.8. The first-order chi connectivity index (χ1) is 15.5. The quantitative estimate of drug-likeness (QED) is 0.538. The van der Waals surface area contributed by atoms with Crippen LogP contribution in [-0.2, 0) is 9.53 Å². The zero-order chi connectivity index (χ0) is 22.8. The zero-order valence-electron chi connectivity index (χ0n) is 18.3. The van der Waals surface area contributed by atoms with Crippen LogP contribution in [0.4, 0.5) is 5.69 Å². The molecule has 1 atom stereocenters. The fourth-order valence-corrected chi connectivity index (χ4v) is 4.33. The number of anilines is 1. The van der Waals surface area contributed by atoms with Gasteiger partial charge in [-0.3, -0.25) is 4.90 Å². The molecule has 9 heteroatoms. The zero-order valence-corrected chi connectivity index (χ0v) is 19.1. The number of benzene rings is 2. The first-order valence-electron chi connectivity index (χ1n) is 10.00. The van der Waals surface area contributed by atoms with Crippen LogP contribution < -0.4 is 29.2 Å². The Morgan fingerprint density at radius 1 is 1.09 bits per heavy atom. The van der Waals surface area contributed by atoms with Crippen molar-refractivity contribution < 1.29 is 28.5 Å². The lowest BCUT2D eigenvalue weighted by Gasteiger charge is -2.38. The molecule has 168 valence electrons. The standard InChI is InChI=1S/C23H24N2O6S/c1-13-19(22(26)29-4)20(15-6-5-7-17(27-2)21(15)28-3)24-23(32)25(13)14-8-9-16-18(12-14)31-11-10-30-16/h5-9,12,20H,10-11H2,1-4H3,(H,24,32). The summed E-state index contributed by atoms with van der Waals surface area (Å²) in [7, 11) is 4.47. The van der Waals surface area contributed by atoms with Crippen LogP contribution in [0.2, 0.25) is 0 Å². The van der Waals surface area contributed by atoms with Gasteiger partial charge in [0, 0.05) is 17.3 Å². The summed E-state index contributed by atoms with van der Waals surface area (Å²) in [4.78, 5) is 14.7. The van der Waals surface area contributed by atoms with E-state index in [9.17, 15) is 4.79 Å². The minimum atomic E-state index is -0.589. The molecule has 8 nitrogen and oxygen atoms in total. The number of ether oxygens (including phenoxy) is 5. The summed E-state index contributed by atoms with van der Waals surface area (Å²) >= 11 is 5.72. The monoisotopic (exact) mass is 456 g/mol. The topological polar surface area (TPSA) is 78.5 Å². The van der Waals surface area contributed by atoms with Crippen molar-refractivity contribution in [2.75, 3.05) is 39.4 Å². The van der Waals surface area contributed by atoms with E-state index in [2.05, 4.69) is 5.32 Å². The second kappa shape index (κ2) is 8.96. The van der Waals surface area contributed by atoms with E-state index < -0.39 is 12.0 Å². The maximum atomic E-state index is 12.9. The SMILES string of the molecule is COC(=O)C1=C(C)N(c2ccc3c(c2)OCCO3)C(=S)NC1c1cccc(OC)c1OC. The molecule has 1 N–H and O–H groups in total. The Balaban J connectivity index is 1.84. The van der Waals surface area contributed by atoms with Crippen molar-refractivity contribution in [2.45, 2.75) is 13.0 Å². The molecule has 0 aromatic heterocycles. The largest absolute Gasteiger partial charge is 0.493 e. The number of carbonyl (C=O) groups excluding carboxylic acids is 1. The molecule has 0 spiro atoms. The molecule has 0 bridgehead atoms. The minimum Gasteiger partial charge on any atom is -0.493 e. The number of hydrogen-bond donors (Lipinski definition) is 1. The molecular weight excluding hydrogens is 432 g/mol. The fraction of sp³-hybridized carbons (Fsp3) is 0.304. The summed E-state index contributed by atoms with van der Waals surface area (Å²) < 4.78 is 27.5. The Hall–Kier alpha value is -3.46. The summed E-state index contributed by atoms with van der Waals surface area (Å²) in [5.74, 6) is 1.88. The minimum absolute atomic E-state index is 0.405. The van der Waals surface area contributed by atoms with Crippen molar-refractivity contribution in [3.05, 3.63) is 53.2 Å². The Bertz CT molecular complexity index is 1100. The second-order valence-electron chi connectivity index (χ2n) is 7.12. The first-order valence-corrected chi connectivity index (χ1v) is 10.4. The van der Waals surface area contributed by atoms with Crippen LogP contribution in [0.25, 0.3) is 0 Å². The van der Waals surface area contributed by atoms with E-state index in [1.807, 2.05) is 37.3 Å². The van der Waals surface area contributed by atoms with E-state index in [-0.39, 0.29) is 0 Å². The molecule has 0 fully saturated rings. The number of para-hydroxylation sites is 1. The lowest BCUT2D eigenvalue weighted by molar-refractivity contribution is -0.136. The molecule has 0 aliphatic carbocycles. The third-order valence-electron chi connectivity index (χ3n) is 5.42. The van der Waals surface area contributed by atoms with Gasteiger partial charge in [0.25, 0.3) is 0 Å². The van der Waals surface area contributed by atoms with Crippen molar-refractivity contribution in [1.82, 2.24) is 5.32 Å². The van der Waals surface area contributed by atoms with Gasteiger partial charge in [0.15, 0.2) is 28.1 Å². The smallest absolute Gasteiger partial charge is 0.337 e. The molecule has 4 rings (SSSR count). The van der Waals surface area contributed by atoms with E-state index in [0.717, 1.165) is 5.69 Å². The van der Waals surface area contributed by atoms with Gasteiger partial charge in [-0.2, -0.15) is 0 Å². The average molecular weight is 457 g/mol. The maximum absolute atomic E-state index is 12.9. The van der Waals surface area contributed by atoms with E-state index in [4.69, 9.17) is 35.9 Å². The molecule has 2 aromatic rings. The van der Waals surface area contributed by atoms with Gasteiger partial charge in [0.1, 0.15) is 13.2 Å². The molecular formula is C23H24N2O6S. The highest BCUT2D eigenvalue weighted by atomic mass is 32.1. The third-order valence-corrected chi connectivity index (χ3v) is 5.72. The van der Waals surface area contributed by atoms with Gasteiger partial charge in [0.2, 0.25) is 0 Å². The Morgan fingerprint density at radius 2 is 1.84 bits per heavy atom. The number of fused-ring (bicyclic) bond motifs is 1. The number of carbonyl (C=O) groups is 1. The van der Waals surface area contributed by atoms with Crippen LogP contribution in [-0.4, -0.2) is 45.6 Å². The van der Waals surface area contributed by atoms with Crippen LogP contribution in [0.15, 0.2) is 47.7 Å². The number of allylic oxidation sites excluding steroid dienone is 1. The molecule has 2 aromatic carbocycles. The highest BCUT2D eigenvalue weighted by Gasteiger charge is 2.37. The molecule has 2 heterocycles. The van der Waals surface area contributed by atoms with Crippen LogP contribution in [0.1, 0.15) is 18.5 Å². The summed E-state index contributed by atoms with van der Waals surface area (Å²) in [6.45, 7) is 2.81. The van der Waals surface area contributed by atoms with Crippen molar-refractivity contribution in [1.29, 1.82) is 0 Å². The second-order valence-corrected chi connectivity index (χ2v) is 7.51. The number of nitrogens with one attached hydrogen (secondary N) is 1. The van der Waals surface area contributed by atoms with Crippen molar-refractivity contribution in [2.24, 2.45) is 0 Å². The predicted molar refractivity (Wildman–Crippen MR) is 123 cm³/mol. The fourth-order valence-electron chi connectivity index (χ4n) is 3.97. The summed E-state index contributed by atoms with van der Waals surface area (Å²) in [5.41, 5.74) is 2.48. The van der Waals surface area contributed by atoms with Gasteiger partial charge in [-0.1, -0.05) is 12.1 Å². The molecule has 0 amide bonds. The van der Waals surface area contributed by atoms with Gasteiger partial charge in [-0.05, 0) is 37.3 Å². The molecule has 0 saturated heterocycles. The Morgan fingerprint density at radius 3 is 2.53 bits per heavy atom. The summed E-state index contributed by atoms with van der Waals surface area (Å²) in [6.07, 6.45) is 0. The van der Waals surface area contributed by atoms with Crippen molar-refractivity contribution >= 4 is 29.0 Å². The highest BCUT2D eigenvalue weighted by molar-refractivity contribution is 7.80. The average Bonchev–Trinajstić information content (AvgIpc) is 2.82. The van der Waals surface area contributed by atoms with E-state index in [0.29, 0.717) is 58.2 Å².